The van der Waals surface area contributed by atoms with Crippen LogP contribution in [0.25, 0.3) is 0 Å². The summed E-state index contributed by atoms with van der Waals surface area (Å²) in [4.78, 5) is 0.964. The van der Waals surface area contributed by atoms with Gasteiger partial charge in [-0.3, -0.25) is 0 Å². The third-order valence-electron chi connectivity index (χ3n) is 1.08. The average Bonchev–Trinajstić information content (AvgIpc) is 1.77. The second kappa shape index (κ2) is 2.35. The molecule has 0 aromatic heterocycles. The molecular weight excluding hydrogens is 123 g/mol. The zero-order valence-electron chi connectivity index (χ0n) is 4.39. The van der Waals surface area contributed by atoms with Gasteiger partial charge >= 0.3 is 0 Å². The van der Waals surface area contributed by atoms with E-state index in [4.69, 9.17) is 0 Å². The van der Waals surface area contributed by atoms with Crippen molar-refractivity contribution in [3.63, 3.8) is 0 Å². The first kappa shape index (κ1) is 5.89. The molecule has 0 aromatic carbocycles. The van der Waals surface area contributed by atoms with Crippen molar-refractivity contribution in [3.8, 4) is 0 Å². The normalized spacial score (nSPS) is 19.8. The Labute approximate surface area is 53.5 Å². The van der Waals surface area contributed by atoms with E-state index in [0.717, 1.165) is 11.3 Å². The lowest BCUT2D eigenvalue weighted by atomic mass is 10.2. The van der Waals surface area contributed by atoms with E-state index in [1.165, 1.54) is 6.08 Å². The molecule has 1 aliphatic carbocycles. The van der Waals surface area contributed by atoms with Gasteiger partial charge in [0.15, 0.2) is 0 Å². The van der Waals surface area contributed by atoms with E-state index in [9.17, 15) is 4.39 Å². The molecule has 1 aliphatic rings. The summed E-state index contributed by atoms with van der Waals surface area (Å²) in [6, 6.07) is 0. The largest absolute Gasteiger partial charge is 0.212 e. The SMILES string of the molecule is FC1=CC=C(S)CC1. The molecule has 0 saturated heterocycles. The van der Waals surface area contributed by atoms with Crippen LogP contribution in [0.2, 0.25) is 0 Å². The van der Waals surface area contributed by atoms with Gasteiger partial charge in [-0.15, -0.1) is 12.6 Å². The van der Waals surface area contributed by atoms with Gasteiger partial charge in [0.1, 0.15) is 5.83 Å². The Morgan fingerprint density at radius 3 is 2.50 bits per heavy atom. The maximum Gasteiger partial charge on any atom is 0.100 e. The second-order valence-corrected chi connectivity index (χ2v) is 2.35. The maximum atomic E-state index is 12.1. The third kappa shape index (κ3) is 1.37. The van der Waals surface area contributed by atoms with Crippen LogP contribution in [-0.4, -0.2) is 0 Å². The topological polar surface area (TPSA) is 0 Å². The first-order chi connectivity index (χ1) is 3.79. The lowest BCUT2D eigenvalue weighted by molar-refractivity contribution is 0.586. The van der Waals surface area contributed by atoms with Gasteiger partial charge in [0.05, 0.1) is 0 Å². The molecule has 0 nitrogen and oxygen atoms in total. The van der Waals surface area contributed by atoms with Crippen molar-refractivity contribution >= 4 is 12.6 Å². The molecule has 8 heavy (non-hydrogen) atoms. The Balaban J connectivity index is 2.65. The van der Waals surface area contributed by atoms with E-state index < -0.39 is 0 Å². The molecule has 2 heteroatoms. The fraction of sp³-hybridized carbons (Fsp3) is 0.333. The zero-order chi connectivity index (χ0) is 5.98. The number of thiol groups is 1. The van der Waals surface area contributed by atoms with Crippen molar-refractivity contribution in [1.82, 2.24) is 0 Å². The van der Waals surface area contributed by atoms with Crippen molar-refractivity contribution in [2.45, 2.75) is 12.8 Å². The smallest absolute Gasteiger partial charge is 0.100 e. The van der Waals surface area contributed by atoms with Crippen molar-refractivity contribution in [3.05, 3.63) is 22.9 Å². The van der Waals surface area contributed by atoms with Crippen LogP contribution in [0.5, 0.6) is 0 Å². The molecule has 0 heterocycles. The Hall–Kier alpha value is -0.240. The van der Waals surface area contributed by atoms with E-state index >= 15 is 0 Å². The predicted molar refractivity (Wildman–Crippen MR) is 35.5 cm³/mol. The Morgan fingerprint density at radius 2 is 2.12 bits per heavy atom. The first-order valence-corrected chi connectivity index (χ1v) is 2.98. The van der Waals surface area contributed by atoms with E-state index in [1.807, 2.05) is 0 Å². The summed E-state index contributed by atoms with van der Waals surface area (Å²) in [6.45, 7) is 0. The van der Waals surface area contributed by atoms with Gasteiger partial charge in [0, 0.05) is 6.42 Å². The minimum absolute atomic E-state index is 0.0391. The first-order valence-electron chi connectivity index (χ1n) is 2.53. The van der Waals surface area contributed by atoms with Crippen LogP contribution in [0.4, 0.5) is 4.39 Å². The van der Waals surface area contributed by atoms with E-state index in [-0.39, 0.29) is 5.83 Å². The number of rotatable bonds is 0. The van der Waals surface area contributed by atoms with Crippen LogP contribution in [-0.2, 0) is 0 Å². The standard InChI is InChI=1S/C6H7FS/c7-5-1-3-6(8)4-2-5/h1,3,8H,2,4H2. The van der Waals surface area contributed by atoms with Crippen LogP contribution < -0.4 is 0 Å². The summed E-state index contributed by atoms with van der Waals surface area (Å²) in [6.07, 6.45) is 4.44. The van der Waals surface area contributed by atoms with Crippen molar-refractivity contribution in [1.29, 1.82) is 0 Å². The number of hydrogen-bond acceptors (Lipinski definition) is 1. The average molecular weight is 130 g/mol. The summed E-state index contributed by atoms with van der Waals surface area (Å²) >= 11 is 4.05. The molecule has 0 bridgehead atoms. The van der Waals surface area contributed by atoms with E-state index in [0.29, 0.717) is 6.42 Å². The molecule has 0 amide bonds. The third-order valence-corrected chi connectivity index (χ3v) is 1.45. The molecule has 0 aromatic rings. The fourth-order valence-corrected chi connectivity index (χ4v) is 0.787. The van der Waals surface area contributed by atoms with Gasteiger partial charge in [0.25, 0.3) is 0 Å². The highest BCUT2D eigenvalue weighted by Gasteiger charge is 2.00. The Kier molecular flexibility index (Phi) is 1.73. The highest BCUT2D eigenvalue weighted by Crippen LogP contribution is 2.20. The summed E-state index contributed by atoms with van der Waals surface area (Å²) in [5.41, 5.74) is 0. The molecule has 0 aliphatic heterocycles. The van der Waals surface area contributed by atoms with Crippen LogP contribution in [0.15, 0.2) is 22.9 Å². The molecule has 0 saturated carbocycles. The minimum atomic E-state index is -0.0391. The molecule has 0 spiro atoms. The fourth-order valence-electron chi connectivity index (χ4n) is 0.601. The summed E-state index contributed by atoms with van der Waals surface area (Å²) in [5, 5.41) is 0. The van der Waals surface area contributed by atoms with Gasteiger partial charge < -0.3 is 0 Å². The van der Waals surface area contributed by atoms with Crippen molar-refractivity contribution in [2.75, 3.05) is 0 Å². The Bertz CT molecular complexity index is 129. The van der Waals surface area contributed by atoms with E-state index in [2.05, 4.69) is 12.6 Å². The minimum Gasteiger partial charge on any atom is -0.212 e. The molecule has 0 atom stereocenters. The quantitative estimate of drug-likeness (QED) is 0.478. The molecule has 0 fully saturated rings. The number of hydrogen-bond donors (Lipinski definition) is 1. The van der Waals surface area contributed by atoms with Crippen LogP contribution >= 0.6 is 12.6 Å². The predicted octanol–water partition coefficient (Wildman–Crippen LogP) is 2.45. The molecule has 0 unspecified atom stereocenters. The highest BCUT2D eigenvalue weighted by atomic mass is 32.1. The molecule has 44 valence electrons. The zero-order valence-corrected chi connectivity index (χ0v) is 5.29. The molecular formula is C6H7FS. The second-order valence-electron chi connectivity index (χ2n) is 1.77. The highest BCUT2D eigenvalue weighted by molar-refractivity contribution is 7.84. The van der Waals surface area contributed by atoms with Gasteiger partial charge in [-0.05, 0) is 17.4 Å². The van der Waals surface area contributed by atoms with Gasteiger partial charge in [-0.1, -0.05) is 6.08 Å². The summed E-state index contributed by atoms with van der Waals surface area (Å²) in [5.74, 6) is -0.0391. The Morgan fingerprint density at radius 1 is 1.38 bits per heavy atom. The number of halogens is 1. The van der Waals surface area contributed by atoms with Crippen LogP contribution in [0, 0.1) is 0 Å². The summed E-state index contributed by atoms with van der Waals surface area (Å²) in [7, 11) is 0. The van der Waals surface area contributed by atoms with Crippen molar-refractivity contribution in [2.24, 2.45) is 0 Å². The lowest BCUT2D eigenvalue weighted by Crippen LogP contribution is -1.82. The van der Waals surface area contributed by atoms with Gasteiger partial charge in [-0.25, -0.2) is 4.39 Å². The van der Waals surface area contributed by atoms with Crippen LogP contribution in [0.3, 0.4) is 0 Å². The monoisotopic (exact) mass is 130 g/mol. The van der Waals surface area contributed by atoms with Gasteiger partial charge in [-0.2, -0.15) is 0 Å². The molecule has 0 N–H and O–H groups in total. The molecule has 1 rings (SSSR count). The van der Waals surface area contributed by atoms with Gasteiger partial charge in [0.2, 0.25) is 0 Å². The maximum absolute atomic E-state index is 12.1. The van der Waals surface area contributed by atoms with Crippen molar-refractivity contribution < 1.29 is 4.39 Å². The molecule has 0 radical (unpaired) electrons. The lowest BCUT2D eigenvalue weighted by Gasteiger charge is -2.01. The van der Waals surface area contributed by atoms with E-state index in [1.54, 1.807) is 6.08 Å². The van der Waals surface area contributed by atoms with Crippen LogP contribution in [0.1, 0.15) is 12.8 Å². The number of allylic oxidation sites excluding steroid dienone is 4. The summed E-state index contributed by atoms with van der Waals surface area (Å²) < 4.78 is 12.1.